The number of benzene rings is 1. The van der Waals surface area contributed by atoms with Gasteiger partial charge in [0.15, 0.2) is 0 Å². The lowest BCUT2D eigenvalue weighted by molar-refractivity contribution is 0.594. The quantitative estimate of drug-likeness (QED) is 0.691. The summed E-state index contributed by atoms with van der Waals surface area (Å²) in [6.07, 6.45) is 0. The molecular weight excluding hydrogens is 328 g/mol. The van der Waals surface area contributed by atoms with E-state index in [2.05, 4.69) is 14.7 Å². The average Bonchev–Trinajstić information content (AvgIpc) is 2.30. The first-order chi connectivity index (χ1) is 9.28. The summed E-state index contributed by atoms with van der Waals surface area (Å²) in [4.78, 5) is 7.08. The first-order valence-corrected chi connectivity index (χ1v) is 7.51. The molecule has 1 N–H and O–H groups in total. The molecule has 0 saturated heterocycles. The van der Waals surface area contributed by atoms with Gasteiger partial charge in [0.25, 0.3) is 10.0 Å². The first kappa shape index (κ1) is 15.0. The number of anilines is 1. The smallest absolute Gasteiger partial charge is 0.263 e. The standard InChI is InChI=1S/C11H8Cl2FN3O2S/c1-6-2-3-7(14)4-8(6)20(18,19)17-10-5-9(12)15-11(13)16-10/h2-5H,1H3,(H,15,16,17). The number of nitrogens with zero attached hydrogens (tertiary/aromatic N) is 2. The number of aromatic nitrogens is 2. The van der Waals surface area contributed by atoms with Gasteiger partial charge in [-0.1, -0.05) is 17.7 Å². The Hall–Kier alpha value is -1.44. The fraction of sp³-hybridized carbons (Fsp3) is 0.0909. The second kappa shape index (κ2) is 5.51. The second-order valence-corrected chi connectivity index (χ2v) is 6.24. The summed E-state index contributed by atoms with van der Waals surface area (Å²) in [6, 6.07) is 4.65. The van der Waals surface area contributed by atoms with E-state index in [-0.39, 0.29) is 21.2 Å². The van der Waals surface area contributed by atoms with Crippen LogP contribution in [0.2, 0.25) is 10.4 Å². The number of hydrogen-bond acceptors (Lipinski definition) is 4. The molecule has 0 aliphatic heterocycles. The molecule has 1 aromatic heterocycles. The van der Waals surface area contributed by atoms with Crippen molar-refractivity contribution in [3.05, 3.63) is 46.1 Å². The van der Waals surface area contributed by atoms with Crippen LogP contribution in [0.25, 0.3) is 0 Å². The molecule has 0 unspecified atom stereocenters. The van der Waals surface area contributed by atoms with Gasteiger partial charge in [0.05, 0.1) is 4.90 Å². The van der Waals surface area contributed by atoms with Gasteiger partial charge < -0.3 is 0 Å². The van der Waals surface area contributed by atoms with Crippen LogP contribution in [-0.2, 0) is 10.0 Å². The van der Waals surface area contributed by atoms with Crippen molar-refractivity contribution in [2.24, 2.45) is 0 Å². The average molecular weight is 336 g/mol. The molecule has 20 heavy (non-hydrogen) atoms. The van der Waals surface area contributed by atoms with Crippen molar-refractivity contribution in [3.8, 4) is 0 Å². The highest BCUT2D eigenvalue weighted by Gasteiger charge is 2.19. The Morgan fingerprint density at radius 2 is 1.90 bits per heavy atom. The van der Waals surface area contributed by atoms with Gasteiger partial charge in [0, 0.05) is 6.07 Å². The molecule has 1 heterocycles. The third-order valence-corrected chi connectivity index (χ3v) is 4.21. The highest BCUT2D eigenvalue weighted by molar-refractivity contribution is 7.92. The number of hydrogen-bond donors (Lipinski definition) is 1. The molecule has 0 spiro atoms. The van der Waals surface area contributed by atoms with Crippen LogP contribution in [0.5, 0.6) is 0 Å². The maximum absolute atomic E-state index is 13.2. The van der Waals surface area contributed by atoms with Crippen LogP contribution >= 0.6 is 23.2 Å². The van der Waals surface area contributed by atoms with E-state index in [4.69, 9.17) is 23.2 Å². The second-order valence-electron chi connectivity index (χ2n) is 3.86. The van der Waals surface area contributed by atoms with E-state index in [0.717, 1.165) is 6.07 Å². The summed E-state index contributed by atoms with van der Waals surface area (Å²) in [5, 5.41) is -0.218. The van der Waals surface area contributed by atoms with Crippen LogP contribution in [-0.4, -0.2) is 18.4 Å². The molecule has 0 radical (unpaired) electrons. The predicted molar refractivity (Wildman–Crippen MR) is 74.0 cm³/mol. The molecule has 0 saturated carbocycles. The van der Waals surface area contributed by atoms with E-state index in [9.17, 15) is 12.8 Å². The summed E-state index contributed by atoms with van der Waals surface area (Å²) < 4.78 is 39.7. The van der Waals surface area contributed by atoms with Crippen LogP contribution in [0.3, 0.4) is 0 Å². The Labute approximate surface area is 124 Å². The van der Waals surface area contributed by atoms with Crippen LogP contribution in [0.1, 0.15) is 5.56 Å². The molecule has 106 valence electrons. The summed E-state index contributed by atoms with van der Waals surface area (Å²) in [6.45, 7) is 1.55. The minimum Gasteiger partial charge on any atom is -0.263 e. The van der Waals surface area contributed by atoms with Crippen LogP contribution in [0.15, 0.2) is 29.2 Å². The van der Waals surface area contributed by atoms with Gasteiger partial charge in [-0.05, 0) is 36.2 Å². The highest BCUT2D eigenvalue weighted by atomic mass is 35.5. The molecule has 0 bridgehead atoms. The van der Waals surface area contributed by atoms with Crippen molar-refractivity contribution in [3.63, 3.8) is 0 Å². The van der Waals surface area contributed by atoms with Crippen LogP contribution < -0.4 is 4.72 Å². The molecule has 0 aliphatic carbocycles. The van der Waals surface area contributed by atoms with Gasteiger partial charge in [-0.15, -0.1) is 0 Å². The van der Waals surface area contributed by atoms with Gasteiger partial charge in [-0.25, -0.2) is 17.8 Å². The summed E-state index contributed by atoms with van der Waals surface area (Å²) in [7, 11) is -4.00. The fourth-order valence-corrected chi connectivity index (χ4v) is 3.16. The monoisotopic (exact) mass is 335 g/mol. The van der Waals surface area contributed by atoms with Crippen LogP contribution in [0, 0.1) is 12.7 Å². The lowest BCUT2D eigenvalue weighted by Crippen LogP contribution is -2.15. The van der Waals surface area contributed by atoms with Crippen molar-refractivity contribution < 1.29 is 12.8 Å². The fourth-order valence-electron chi connectivity index (χ4n) is 1.50. The number of aryl methyl sites for hydroxylation is 1. The summed E-state index contributed by atoms with van der Waals surface area (Å²) in [5.41, 5.74) is 0.394. The lowest BCUT2D eigenvalue weighted by atomic mass is 10.2. The molecule has 0 atom stereocenters. The summed E-state index contributed by atoms with van der Waals surface area (Å²) >= 11 is 11.2. The van der Waals surface area contributed by atoms with E-state index in [0.29, 0.717) is 5.56 Å². The Kier molecular flexibility index (Phi) is 4.12. The minimum absolute atomic E-state index is 0.0151. The van der Waals surface area contributed by atoms with Gasteiger partial charge >= 0.3 is 0 Å². The largest absolute Gasteiger partial charge is 0.263 e. The van der Waals surface area contributed by atoms with Crippen molar-refractivity contribution in [1.82, 2.24) is 9.97 Å². The van der Waals surface area contributed by atoms with Crippen LogP contribution in [0.4, 0.5) is 10.2 Å². The van der Waals surface area contributed by atoms with E-state index < -0.39 is 15.8 Å². The van der Waals surface area contributed by atoms with Crippen molar-refractivity contribution in [1.29, 1.82) is 0 Å². The Morgan fingerprint density at radius 3 is 2.55 bits per heavy atom. The van der Waals surface area contributed by atoms with E-state index in [1.807, 2.05) is 0 Å². The maximum atomic E-state index is 13.2. The first-order valence-electron chi connectivity index (χ1n) is 5.27. The third-order valence-electron chi connectivity index (χ3n) is 2.35. The number of sulfonamides is 1. The van der Waals surface area contributed by atoms with Crippen molar-refractivity contribution in [2.75, 3.05) is 4.72 Å². The Bertz CT molecular complexity index is 748. The molecular formula is C11H8Cl2FN3O2S. The normalized spacial score (nSPS) is 11.4. The third kappa shape index (κ3) is 3.36. The molecule has 0 amide bonds. The van der Waals surface area contributed by atoms with Gasteiger partial charge in [0.2, 0.25) is 5.28 Å². The molecule has 1 aromatic carbocycles. The SMILES string of the molecule is Cc1ccc(F)cc1S(=O)(=O)Nc1cc(Cl)nc(Cl)n1. The molecule has 0 aliphatic rings. The van der Waals surface area contributed by atoms with Gasteiger partial charge in [-0.2, -0.15) is 4.98 Å². The molecule has 5 nitrogen and oxygen atoms in total. The lowest BCUT2D eigenvalue weighted by Gasteiger charge is -2.10. The molecule has 2 rings (SSSR count). The number of nitrogens with one attached hydrogen (secondary N) is 1. The van der Waals surface area contributed by atoms with Gasteiger partial charge in [-0.3, -0.25) is 4.72 Å². The summed E-state index contributed by atoms with van der Waals surface area (Å²) in [5.74, 6) is -0.756. The Morgan fingerprint density at radius 1 is 1.20 bits per heavy atom. The van der Waals surface area contributed by atoms with Gasteiger partial charge in [0.1, 0.15) is 16.8 Å². The van der Waals surface area contributed by atoms with E-state index in [1.54, 1.807) is 6.92 Å². The molecule has 2 aromatic rings. The van der Waals surface area contributed by atoms with E-state index >= 15 is 0 Å². The Balaban J connectivity index is 2.43. The van der Waals surface area contributed by atoms with E-state index in [1.165, 1.54) is 18.2 Å². The topological polar surface area (TPSA) is 72.0 Å². The molecule has 0 fully saturated rings. The highest BCUT2D eigenvalue weighted by Crippen LogP contribution is 2.21. The molecule has 9 heteroatoms. The number of halogens is 3. The zero-order chi connectivity index (χ0) is 14.9. The zero-order valence-corrected chi connectivity index (χ0v) is 12.4. The number of rotatable bonds is 3. The minimum atomic E-state index is -4.00. The maximum Gasteiger partial charge on any atom is 0.263 e. The van der Waals surface area contributed by atoms with Crippen molar-refractivity contribution >= 4 is 39.0 Å². The van der Waals surface area contributed by atoms with Crippen molar-refractivity contribution in [2.45, 2.75) is 11.8 Å². The zero-order valence-electron chi connectivity index (χ0n) is 10.1. The predicted octanol–water partition coefficient (Wildman–Crippen LogP) is 3.03.